The van der Waals surface area contributed by atoms with Gasteiger partial charge in [-0.2, -0.15) is 5.10 Å². The van der Waals surface area contributed by atoms with E-state index in [2.05, 4.69) is 49.6 Å². The SMILES string of the molecule is C=C/C(=C\C(=N/N(C)C)c1cc(C)ccc1C)N1CCCCC1. The predicted octanol–water partition coefficient (Wildman–Crippen LogP) is 4.12. The number of piperidine rings is 1. The fourth-order valence-electron chi connectivity index (χ4n) is 2.96. The van der Waals surface area contributed by atoms with E-state index in [0.717, 1.165) is 18.8 Å². The van der Waals surface area contributed by atoms with Crippen LogP contribution in [-0.2, 0) is 0 Å². The third kappa shape index (κ3) is 4.72. The summed E-state index contributed by atoms with van der Waals surface area (Å²) in [4.78, 5) is 2.42. The van der Waals surface area contributed by atoms with Crippen LogP contribution in [0.2, 0.25) is 0 Å². The van der Waals surface area contributed by atoms with Crippen LogP contribution in [0.4, 0.5) is 0 Å². The molecule has 0 spiro atoms. The molecule has 1 aliphatic heterocycles. The van der Waals surface area contributed by atoms with Crippen molar-refractivity contribution in [1.29, 1.82) is 0 Å². The van der Waals surface area contributed by atoms with Gasteiger partial charge in [-0.05, 0) is 56.9 Å². The maximum atomic E-state index is 4.73. The Kier molecular flexibility index (Phi) is 6.03. The van der Waals surface area contributed by atoms with Crippen LogP contribution in [0.3, 0.4) is 0 Å². The fraction of sp³-hybridized carbons (Fsp3) is 0.450. The Morgan fingerprint density at radius 1 is 1.17 bits per heavy atom. The lowest BCUT2D eigenvalue weighted by atomic mass is 10.00. The lowest BCUT2D eigenvalue weighted by molar-refractivity contribution is 0.293. The minimum Gasteiger partial charge on any atom is -0.371 e. The number of aryl methyl sites for hydroxylation is 2. The van der Waals surface area contributed by atoms with Crippen LogP contribution < -0.4 is 0 Å². The zero-order valence-corrected chi connectivity index (χ0v) is 15.0. The van der Waals surface area contributed by atoms with E-state index in [0.29, 0.717) is 0 Å². The van der Waals surface area contributed by atoms with Crippen molar-refractivity contribution in [3.63, 3.8) is 0 Å². The highest BCUT2D eigenvalue weighted by atomic mass is 15.4. The second-order valence-electron chi connectivity index (χ2n) is 6.47. The fourth-order valence-corrected chi connectivity index (χ4v) is 2.96. The van der Waals surface area contributed by atoms with Gasteiger partial charge in [-0.15, -0.1) is 0 Å². The maximum Gasteiger partial charge on any atom is 0.0927 e. The molecule has 0 N–H and O–H groups in total. The van der Waals surface area contributed by atoms with Gasteiger partial charge in [0, 0.05) is 38.4 Å². The van der Waals surface area contributed by atoms with Gasteiger partial charge < -0.3 is 9.91 Å². The van der Waals surface area contributed by atoms with E-state index >= 15 is 0 Å². The van der Waals surface area contributed by atoms with Crippen molar-refractivity contribution in [2.24, 2.45) is 5.10 Å². The molecule has 3 heteroatoms. The number of hydrazone groups is 1. The average Bonchev–Trinajstić information content (AvgIpc) is 2.54. The Morgan fingerprint density at radius 3 is 2.48 bits per heavy atom. The van der Waals surface area contributed by atoms with Crippen LogP contribution in [0.5, 0.6) is 0 Å². The summed E-state index contributed by atoms with van der Waals surface area (Å²) in [6.07, 6.45) is 7.99. The van der Waals surface area contributed by atoms with Gasteiger partial charge in [0.1, 0.15) is 0 Å². The molecule has 0 unspecified atom stereocenters. The minimum absolute atomic E-state index is 0.997. The molecule has 2 rings (SSSR count). The minimum atomic E-state index is 0.997. The quantitative estimate of drug-likeness (QED) is 0.463. The summed E-state index contributed by atoms with van der Waals surface area (Å²) in [5.41, 5.74) is 5.86. The van der Waals surface area contributed by atoms with Gasteiger partial charge >= 0.3 is 0 Å². The van der Waals surface area contributed by atoms with Crippen molar-refractivity contribution >= 4 is 5.71 Å². The molecular formula is C20H29N3. The van der Waals surface area contributed by atoms with E-state index in [1.807, 2.05) is 25.2 Å². The first-order valence-corrected chi connectivity index (χ1v) is 8.44. The summed E-state index contributed by atoms with van der Waals surface area (Å²) in [6.45, 7) is 10.5. The Hall–Kier alpha value is -2.03. The highest BCUT2D eigenvalue weighted by Gasteiger charge is 2.14. The summed E-state index contributed by atoms with van der Waals surface area (Å²) < 4.78 is 0. The average molecular weight is 311 g/mol. The Morgan fingerprint density at radius 2 is 1.87 bits per heavy atom. The zero-order chi connectivity index (χ0) is 16.8. The molecule has 1 saturated heterocycles. The molecule has 0 atom stereocenters. The summed E-state index contributed by atoms with van der Waals surface area (Å²) in [5.74, 6) is 0. The highest BCUT2D eigenvalue weighted by molar-refractivity contribution is 6.10. The maximum absolute atomic E-state index is 4.73. The zero-order valence-electron chi connectivity index (χ0n) is 15.0. The van der Waals surface area contributed by atoms with Crippen LogP contribution in [0.1, 0.15) is 36.0 Å². The van der Waals surface area contributed by atoms with Crippen LogP contribution in [-0.4, -0.2) is 42.8 Å². The number of hydrogen-bond donors (Lipinski definition) is 0. The number of nitrogens with zero attached hydrogens (tertiary/aromatic N) is 3. The van der Waals surface area contributed by atoms with E-state index < -0.39 is 0 Å². The number of rotatable bonds is 5. The Bertz CT molecular complexity index is 605. The second kappa shape index (κ2) is 8.00. The van der Waals surface area contributed by atoms with Crippen molar-refractivity contribution < 1.29 is 0 Å². The topological polar surface area (TPSA) is 18.8 Å². The monoisotopic (exact) mass is 311 g/mol. The first kappa shape index (κ1) is 17.3. The van der Waals surface area contributed by atoms with E-state index in [1.165, 1.54) is 41.6 Å². The lowest BCUT2D eigenvalue weighted by Gasteiger charge is -2.30. The first-order valence-electron chi connectivity index (χ1n) is 8.44. The molecule has 1 heterocycles. The van der Waals surface area contributed by atoms with Gasteiger partial charge in [0.25, 0.3) is 0 Å². The molecule has 3 nitrogen and oxygen atoms in total. The van der Waals surface area contributed by atoms with Crippen LogP contribution in [0.15, 0.2) is 47.7 Å². The summed E-state index contributed by atoms with van der Waals surface area (Å²) in [7, 11) is 3.93. The molecule has 1 aromatic carbocycles. The molecule has 0 amide bonds. The van der Waals surface area contributed by atoms with Crippen LogP contribution in [0.25, 0.3) is 0 Å². The molecule has 1 aromatic rings. The van der Waals surface area contributed by atoms with Crippen molar-refractivity contribution in [2.45, 2.75) is 33.1 Å². The van der Waals surface area contributed by atoms with Gasteiger partial charge in [-0.3, -0.25) is 0 Å². The highest BCUT2D eigenvalue weighted by Crippen LogP contribution is 2.19. The molecule has 0 radical (unpaired) electrons. The van der Waals surface area contributed by atoms with Crippen molar-refractivity contribution in [2.75, 3.05) is 27.2 Å². The van der Waals surface area contributed by atoms with Crippen molar-refractivity contribution in [1.82, 2.24) is 9.91 Å². The van der Waals surface area contributed by atoms with E-state index in [4.69, 9.17) is 5.10 Å². The number of allylic oxidation sites excluding steroid dienone is 2. The van der Waals surface area contributed by atoms with Crippen LogP contribution >= 0.6 is 0 Å². The second-order valence-corrected chi connectivity index (χ2v) is 6.47. The summed E-state index contributed by atoms with van der Waals surface area (Å²) in [6, 6.07) is 6.53. The molecule has 23 heavy (non-hydrogen) atoms. The standard InChI is InChI=1S/C20H29N3/c1-6-18(23-12-8-7-9-13-23)15-20(21-22(4)5)19-14-16(2)10-11-17(19)3/h6,10-11,14-15H,1,7-9,12-13H2,2-5H3/b18-15+,21-20+. The molecule has 0 aromatic heterocycles. The smallest absolute Gasteiger partial charge is 0.0927 e. The largest absolute Gasteiger partial charge is 0.371 e. The first-order chi connectivity index (χ1) is 11.0. The molecule has 1 aliphatic rings. The van der Waals surface area contributed by atoms with E-state index in [9.17, 15) is 0 Å². The molecular weight excluding hydrogens is 282 g/mol. The van der Waals surface area contributed by atoms with E-state index in [1.54, 1.807) is 0 Å². The van der Waals surface area contributed by atoms with Gasteiger partial charge in [0.2, 0.25) is 0 Å². The summed E-state index contributed by atoms with van der Waals surface area (Å²) >= 11 is 0. The Labute approximate surface area is 141 Å². The Balaban J connectivity index is 2.43. The van der Waals surface area contributed by atoms with E-state index in [-0.39, 0.29) is 0 Å². The van der Waals surface area contributed by atoms with Crippen molar-refractivity contribution in [3.05, 3.63) is 59.3 Å². The molecule has 0 bridgehead atoms. The molecule has 1 fully saturated rings. The number of likely N-dealkylation sites (tertiary alicyclic amines) is 1. The van der Waals surface area contributed by atoms with Gasteiger partial charge in [0.15, 0.2) is 0 Å². The van der Waals surface area contributed by atoms with Crippen molar-refractivity contribution in [3.8, 4) is 0 Å². The summed E-state index contributed by atoms with van der Waals surface area (Å²) in [5, 5.41) is 6.60. The van der Waals surface area contributed by atoms with Gasteiger partial charge in [0.05, 0.1) is 5.71 Å². The van der Waals surface area contributed by atoms with Gasteiger partial charge in [-0.1, -0.05) is 24.3 Å². The third-order valence-corrected chi connectivity index (χ3v) is 4.19. The molecule has 0 aliphatic carbocycles. The third-order valence-electron chi connectivity index (χ3n) is 4.19. The van der Waals surface area contributed by atoms with Crippen LogP contribution in [0, 0.1) is 13.8 Å². The molecule has 0 saturated carbocycles. The lowest BCUT2D eigenvalue weighted by Crippen LogP contribution is -2.29. The normalized spacial score (nSPS) is 16.4. The number of benzene rings is 1. The number of hydrogen-bond acceptors (Lipinski definition) is 3. The van der Waals surface area contributed by atoms with Gasteiger partial charge in [-0.25, -0.2) is 0 Å². The molecule has 124 valence electrons. The predicted molar refractivity (Wildman–Crippen MR) is 99.8 cm³/mol.